The number of alkyl halides is 2. The molecule has 0 atom stereocenters. The van der Waals surface area contributed by atoms with Gasteiger partial charge in [0.15, 0.2) is 11.5 Å². The molecular formula is C15H14F2N2O3. The van der Waals surface area contributed by atoms with E-state index in [9.17, 15) is 13.6 Å². The van der Waals surface area contributed by atoms with E-state index in [1.807, 2.05) is 13.0 Å². The Morgan fingerprint density at radius 2 is 2.05 bits per heavy atom. The Morgan fingerprint density at radius 1 is 1.27 bits per heavy atom. The summed E-state index contributed by atoms with van der Waals surface area (Å²) in [6.45, 7) is -1.16. The largest absolute Gasteiger partial charge is 0.493 e. The average molecular weight is 308 g/mol. The number of aryl methyl sites for hydroxylation is 1. The summed E-state index contributed by atoms with van der Waals surface area (Å²) in [5.41, 5.74) is 1.05. The van der Waals surface area contributed by atoms with Gasteiger partial charge in [0, 0.05) is 11.8 Å². The van der Waals surface area contributed by atoms with Crippen molar-refractivity contribution in [2.24, 2.45) is 0 Å². The van der Waals surface area contributed by atoms with Gasteiger partial charge in [0.05, 0.1) is 7.11 Å². The molecule has 0 aliphatic rings. The van der Waals surface area contributed by atoms with E-state index in [2.05, 4.69) is 15.0 Å². The number of halogens is 2. The van der Waals surface area contributed by atoms with E-state index in [4.69, 9.17) is 4.74 Å². The number of carbonyl (C=O) groups is 1. The summed E-state index contributed by atoms with van der Waals surface area (Å²) in [6.07, 6.45) is 1.56. The summed E-state index contributed by atoms with van der Waals surface area (Å²) in [5, 5.41) is 2.64. The molecule has 0 spiro atoms. The van der Waals surface area contributed by atoms with E-state index >= 15 is 0 Å². The van der Waals surface area contributed by atoms with Gasteiger partial charge in [-0.15, -0.1) is 0 Å². The molecule has 1 heterocycles. The molecule has 116 valence electrons. The number of ether oxygens (including phenoxy) is 2. The highest BCUT2D eigenvalue weighted by Gasteiger charge is 2.15. The molecule has 0 radical (unpaired) electrons. The number of aromatic nitrogens is 1. The van der Waals surface area contributed by atoms with Gasteiger partial charge in [-0.3, -0.25) is 4.79 Å². The van der Waals surface area contributed by atoms with Crippen molar-refractivity contribution in [2.45, 2.75) is 13.5 Å². The van der Waals surface area contributed by atoms with Gasteiger partial charge in [-0.05, 0) is 36.8 Å². The van der Waals surface area contributed by atoms with Crippen LogP contribution in [0.1, 0.15) is 15.9 Å². The number of anilines is 1. The number of rotatable bonds is 5. The Balaban J connectivity index is 2.21. The minimum Gasteiger partial charge on any atom is -0.493 e. The number of hydrogen-bond donors (Lipinski definition) is 1. The fraction of sp³-hybridized carbons (Fsp3) is 0.200. The first-order valence-electron chi connectivity index (χ1n) is 6.37. The second kappa shape index (κ2) is 6.84. The minimum absolute atomic E-state index is 0.0469. The van der Waals surface area contributed by atoms with Crippen molar-refractivity contribution in [3.05, 3.63) is 47.7 Å². The molecule has 1 amide bonds. The van der Waals surface area contributed by atoms with Gasteiger partial charge >= 0.3 is 6.61 Å². The normalized spacial score (nSPS) is 10.4. The van der Waals surface area contributed by atoms with Crippen LogP contribution in [0.15, 0.2) is 36.5 Å². The molecule has 1 aromatic heterocycles. The van der Waals surface area contributed by atoms with Crippen LogP contribution in [0.3, 0.4) is 0 Å². The van der Waals surface area contributed by atoms with Crippen LogP contribution in [0.2, 0.25) is 0 Å². The molecule has 1 N–H and O–H groups in total. The Hall–Kier alpha value is -2.70. The lowest BCUT2D eigenvalue weighted by molar-refractivity contribution is -0.0512. The molecule has 0 fully saturated rings. The summed E-state index contributed by atoms with van der Waals surface area (Å²) in [7, 11) is 1.30. The Morgan fingerprint density at radius 3 is 2.68 bits per heavy atom. The van der Waals surface area contributed by atoms with Crippen LogP contribution < -0.4 is 14.8 Å². The highest BCUT2D eigenvalue weighted by Crippen LogP contribution is 2.29. The van der Waals surface area contributed by atoms with E-state index in [1.165, 1.54) is 25.3 Å². The van der Waals surface area contributed by atoms with E-state index in [0.29, 0.717) is 5.82 Å². The molecule has 22 heavy (non-hydrogen) atoms. The van der Waals surface area contributed by atoms with E-state index in [0.717, 1.165) is 5.56 Å². The summed E-state index contributed by atoms with van der Waals surface area (Å²) in [6, 6.07) is 7.51. The quantitative estimate of drug-likeness (QED) is 0.921. The number of benzene rings is 1. The summed E-state index contributed by atoms with van der Waals surface area (Å²) >= 11 is 0. The van der Waals surface area contributed by atoms with Gasteiger partial charge in [-0.1, -0.05) is 6.07 Å². The maximum absolute atomic E-state index is 12.3. The average Bonchev–Trinajstić information content (AvgIpc) is 2.49. The molecule has 0 bridgehead atoms. The monoisotopic (exact) mass is 308 g/mol. The topological polar surface area (TPSA) is 60.5 Å². The smallest absolute Gasteiger partial charge is 0.387 e. The van der Waals surface area contributed by atoms with Crippen molar-refractivity contribution in [1.29, 1.82) is 0 Å². The fourth-order valence-corrected chi connectivity index (χ4v) is 1.80. The van der Waals surface area contributed by atoms with Crippen molar-refractivity contribution in [3.8, 4) is 11.5 Å². The highest BCUT2D eigenvalue weighted by molar-refractivity contribution is 6.04. The number of nitrogens with one attached hydrogen (secondary N) is 1. The van der Waals surface area contributed by atoms with E-state index in [1.54, 1.807) is 12.3 Å². The predicted octanol–water partition coefficient (Wildman–Crippen LogP) is 3.25. The molecule has 1 aromatic carbocycles. The number of pyridine rings is 1. The van der Waals surface area contributed by atoms with Gasteiger partial charge in [0.1, 0.15) is 5.82 Å². The molecular weight excluding hydrogens is 294 g/mol. The van der Waals surface area contributed by atoms with Crippen molar-refractivity contribution < 1.29 is 23.0 Å². The van der Waals surface area contributed by atoms with E-state index < -0.39 is 12.5 Å². The summed E-state index contributed by atoms with van der Waals surface area (Å²) in [4.78, 5) is 16.2. The number of hydrogen-bond acceptors (Lipinski definition) is 4. The maximum Gasteiger partial charge on any atom is 0.387 e. The fourth-order valence-electron chi connectivity index (χ4n) is 1.80. The van der Waals surface area contributed by atoms with Crippen LogP contribution >= 0.6 is 0 Å². The van der Waals surface area contributed by atoms with Crippen molar-refractivity contribution in [3.63, 3.8) is 0 Å². The van der Waals surface area contributed by atoms with Crippen LogP contribution in [-0.2, 0) is 0 Å². The second-order valence-corrected chi connectivity index (χ2v) is 4.37. The number of carbonyl (C=O) groups excluding carboxylic acids is 1. The van der Waals surface area contributed by atoms with Crippen LogP contribution in [0.25, 0.3) is 0 Å². The molecule has 2 aromatic rings. The second-order valence-electron chi connectivity index (χ2n) is 4.37. The standard InChI is InChI=1S/C15H14F2N2O3/c1-9-4-3-7-18-13(9)19-14(20)10-5-6-11(22-15(16)17)12(8-10)21-2/h3-8,15H,1-2H3,(H,18,19,20). The predicted molar refractivity (Wildman–Crippen MR) is 76.6 cm³/mol. The molecule has 0 aliphatic carbocycles. The van der Waals surface area contributed by atoms with Crippen LogP contribution in [0.4, 0.5) is 14.6 Å². The first-order valence-corrected chi connectivity index (χ1v) is 6.37. The molecule has 0 saturated heterocycles. The van der Waals surface area contributed by atoms with Crippen molar-refractivity contribution in [1.82, 2.24) is 4.98 Å². The molecule has 2 rings (SSSR count). The van der Waals surface area contributed by atoms with Gasteiger partial charge in [-0.2, -0.15) is 8.78 Å². The molecule has 5 nitrogen and oxygen atoms in total. The first kappa shape index (κ1) is 15.7. The lowest BCUT2D eigenvalue weighted by Crippen LogP contribution is -2.14. The Bertz CT molecular complexity index is 678. The zero-order valence-electron chi connectivity index (χ0n) is 12.0. The zero-order chi connectivity index (χ0) is 16.1. The molecule has 0 aliphatic heterocycles. The van der Waals surface area contributed by atoms with Crippen LogP contribution in [-0.4, -0.2) is 24.6 Å². The Kier molecular flexibility index (Phi) is 4.88. The maximum atomic E-state index is 12.3. The van der Waals surface area contributed by atoms with Gasteiger partial charge < -0.3 is 14.8 Å². The third-order valence-electron chi connectivity index (χ3n) is 2.88. The number of methoxy groups -OCH3 is 1. The lowest BCUT2D eigenvalue weighted by Gasteiger charge is -2.12. The molecule has 0 saturated carbocycles. The highest BCUT2D eigenvalue weighted by atomic mass is 19.3. The van der Waals surface area contributed by atoms with Gasteiger partial charge in [0.2, 0.25) is 0 Å². The first-order chi connectivity index (χ1) is 10.5. The minimum atomic E-state index is -2.97. The van der Waals surface area contributed by atoms with Gasteiger partial charge in [-0.25, -0.2) is 4.98 Å². The van der Waals surface area contributed by atoms with Crippen molar-refractivity contribution >= 4 is 11.7 Å². The third-order valence-corrected chi connectivity index (χ3v) is 2.88. The molecule has 7 heteroatoms. The third kappa shape index (κ3) is 3.69. The number of amides is 1. The Labute approximate surface area is 125 Å². The summed E-state index contributed by atoms with van der Waals surface area (Å²) in [5.74, 6) is -0.0863. The van der Waals surface area contributed by atoms with Gasteiger partial charge in [0.25, 0.3) is 5.91 Å². The van der Waals surface area contributed by atoms with Crippen LogP contribution in [0.5, 0.6) is 11.5 Å². The van der Waals surface area contributed by atoms with Crippen molar-refractivity contribution in [2.75, 3.05) is 12.4 Å². The van der Waals surface area contributed by atoms with E-state index in [-0.39, 0.29) is 17.1 Å². The lowest BCUT2D eigenvalue weighted by atomic mass is 10.2. The summed E-state index contributed by atoms with van der Waals surface area (Å²) < 4.78 is 33.8. The SMILES string of the molecule is COc1cc(C(=O)Nc2ncccc2C)ccc1OC(F)F. The molecule has 0 unspecified atom stereocenters. The number of nitrogens with zero attached hydrogens (tertiary/aromatic N) is 1. The van der Waals surface area contributed by atoms with Crippen LogP contribution in [0, 0.1) is 6.92 Å². The zero-order valence-corrected chi connectivity index (χ0v) is 12.0.